The van der Waals surface area contributed by atoms with Gasteiger partial charge in [0.05, 0.1) is 25.5 Å². The molecule has 0 radical (unpaired) electrons. The quantitative estimate of drug-likeness (QED) is 0.740. The first-order valence-electron chi connectivity index (χ1n) is 5.30. The number of aliphatic hydroxyl groups excluding tert-OH is 1. The van der Waals surface area contributed by atoms with Crippen LogP contribution in [0.2, 0.25) is 0 Å². The van der Waals surface area contributed by atoms with Crippen molar-refractivity contribution >= 4 is 5.69 Å². The van der Waals surface area contributed by atoms with Gasteiger partial charge < -0.3 is 19.9 Å². The molecule has 1 rings (SSSR count). The molecule has 0 saturated heterocycles. The lowest BCUT2D eigenvalue weighted by Crippen LogP contribution is -2.19. The largest absolute Gasteiger partial charge is 0.573 e. The van der Waals surface area contributed by atoms with Crippen molar-refractivity contribution in [1.82, 2.24) is 0 Å². The molecule has 7 heteroatoms. The number of aliphatic hydroxyl groups is 1. The monoisotopic (exact) mass is 265 g/mol. The molecule has 0 unspecified atom stereocenters. The molecule has 0 fully saturated rings. The lowest BCUT2D eigenvalue weighted by Gasteiger charge is -2.14. The first kappa shape index (κ1) is 14.6. The molecule has 0 saturated carbocycles. The molecule has 2 N–H and O–H groups in total. The van der Waals surface area contributed by atoms with Crippen molar-refractivity contribution in [3.8, 4) is 5.75 Å². The van der Waals surface area contributed by atoms with E-state index in [0.29, 0.717) is 6.54 Å². The molecule has 1 aromatic rings. The lowest BCUT2D eigenvalue weighted by atomic mass is 10.3. The van der Waals surface area contributed by atoms with Crippen molar-refractivity contribution in [2.24, 2.45) is 0 Å². The zero-order valence-electron chi connectivity index (χ0n) is 9.54. The summed E-state index contributed by atoms with van der Waals surface area (Å²) in [5.74, 6) is -0.285. The Morgan fingerprint density at radius 3 is 2.56 bits per heavy atom. The number of alkyl halides is 3. The van der Waals surface area contributed by atoms with E-state index in [2.05, 4.69) is 10.1 Å². The number of anilines is 1. The molecule has 4 nitrogen and oxygen atoms in total. The van der Waals surface area contributed by atoms with Crippen LogP contribution < -0.4 is 10.1 Å². The number of benzene rings is 1. The van der Waals surface area contributed by atoms with Crippen LogP contribution >= 0.6 is 0 Å². The maximum atomic E-state index is 12.1. The van der Waals surface area contributed by atoms with Gasteiger partial charge in [0.25, 0.3) is 0 Å². The fourth-order valence-corrected chi connectivity index (χ4v) is 1.25. The predicted octanol–water partition coefficient (Wildman–Crippen LogP) is 2.01. The molecule has 0 aliphatic heterocycles. The zero-order valence-corrected chi connectivity index (χ0v) is 9.54. The van der Waals surface area contributed by atoms with Gasteiger partial charge in [-0.25, -0.2) is 0 Å². The van der Waals surface area contributed by atoms with Gasteiger partial charge in [-0.2, -0.15) is 0 Å². The first-order chi connectivity index (χ1) is 8.53. The zero-order chi connectivity index (χ0) is 13.4. The summed E-state index contributed by atoms with van der Waals surface area (Å²) < 4.78 is 45.2. The van der Waals surface area contributed by atoms with Gasteiger partial charge in [-0.1, -0.05) is 12.1 Å². The maximum Gasteiger partial charge on any atom is 0.573 e. The van der Waals surface area contributed by atoms with Crippen LogP contribution in [-0.4, -0.2) is 37.8 Å². The highest BCUT2D eigenvalue weighted by molar-refractivity contribution is 5.56. The SMILES string of the molecule is OCCOCCNc1ccccc1OC(F)(F)F. The second kappa shape index (κ2) is 7.07. The van der Waals surface area contributed by atoms with Crippen molar-refractivity contribution in [2.75, 3.05) is 31.7 Å². The standard InChI is InChI=1S/C11H14F3NO3/c12-11(13,14)18-10-4-2-1-3-9(10)15-5-7-17-8-6-16/h1-4,15-16H,5-8H2. The van der Waals surface area contributed by atoms with Crippen molar-refractivity contribution in [1.29, 1.82) is 0 Å². The summed E-state index contributed by atoms with van der Waals surface area (Å²) in [6.45, 7) is 0.704. The number of hydrogen-bond acceptors (Lipinski definition) is 4. The Labute approximate surface area is 102 Å². The first-order valence-corrected chi connectivity index (χ1v) is 5.30. The Bertz CT molecular complexity index is 358. The summed E-state index contributed by atoms with van der Waals surface area (Å²) in [5, 5.41) is 11.2. The van der Waals surface area contributed by atoms with Crippen LogP contribution in [0, 0.1) is 0 Å². The van der Waals surface area contributed by atoms with Gasteiger partial charge >= 0.3 is 6.36 Å². The van der Waals surface area contributed by atoms with E-state index in [1.54, 1.807) is 6.07 Å². The van der Waals surface area contributed by atoms with Crippen molar-refractivity contribution < 1.29 is 27.8 Å². The topological polar surface area (TPSA) is 50.7 Å². The second-order valence-corrected chi connectivity index (χ2v) is 3.31. The van der Waals surface area contributed by atoms with Crippen molar-refractivity contribution in [2.45, 2.75) is 6.36 Å². The lowest BCUT2D eigenvalue weighted by molar-refractivity contribution is -0.274. The number of halogens is 3. The van der Waals surface area contributed by atoms with Gasteiger partial charge in [0.15, 0.2) is 5.75 Å². The Kier molecular flexibility index (Phi) is 5.73. The summed E-state index contributed by atoms with van der Waals surface area (Å²) in [7, 11) is 0. The van der Waals surface area contributed by atoms with E-state index in [0.717, 1.165) is 0 Å². The van der Waals surface area contributed by atoms with Crippen molar-refractivity contribution in [3.63, 3.8) is 0 Å². The van der Waals surface area contributed by atoms with Crippen LogP contribution in [0.15, 0.2) is 24.3 Å². The van der Waals surface area contributed by atoms with Gasteiger partial charge in [0.2, 0.25) is 0 Å². The highest BCUT2D eigenvalue weighted by Crippen LogP contribution is 2.29. The van der Waals surface area contributed by atoms with Crippen LogP contribution in [0.3, 0.4) is 0 Å². The van der Waals surface area contributed by atoms with Crippen molar-refractivity contribution in [3.05, 3.63) is 24.3 Å². The molecule has 0 aliphatic carbocycles. The van der Waals surface area contributed by atoms with E-state index in [1.165, 1.54) is 18.2 Å². The fraction of sp³-hybridized carbons (Fsp3) is 0.455. The molecule has 0 heterocycles. The maximum absolute atomic E-state index is 12.1. The van der Waals surface area contributed by atoms with Crippen LogP contribution in [0.25, 0.3) is 0 Å². The van der Waals surface area contributed by atoms with Crippen LogP contribution in [-0.2, 0) is 4.74 Å². The second-order valence-electron chi connectivity index (χ2n) is 3.31. The van der Waals surface area contributed by atoms with Gasteiger partial charge in [0.1, 0.15) is 0 Å². The average Bonchev–Trinajstić information content (AvgIpc) is 2.29. The minimum absolute atomic E-state index is 0.0895. The molecular weight excluding hydrogens is 251 g/mol. The number of rotatable bonds is 7. The summed E-state index contributed by atoms with van der Waals surface area (Å²) in [6, 6.07) is 5.76. The van der Waals surface area contributed by atoms with Gasteiger partial charge in [0, 0.05) is 6.54 Å². The third-order valence-electron chi connectivity index (χ3n) is 1.91. The summed E-state index contributed by atoms with van der Waals surface area (Å²) >= 11 is 0. The number of para-hydroxylation sites is 2. The Morgan fingerprint density at radius 1 is 1.17 bits per heavy atom. The Hall–Kier alpha value is -1.47. The Morgan fingerprint density at radius 2 is 1.89 bits per heavy atom. The molecule has 0 aromatic heterocycles. The molecule has 0 aliphatic rings. The molecule has 102 valence electrons. The van der Waals surface area contributed by atoms with Gasteiger partial charge in [-0.15, -0.1) is 13.2 Å². The van der Waals surface area contributed by atoms with E-state index >= 15 is 0 Å². The van der Waals surface area contributed by atoms with Crippen LogP contribution in [0.5, 0.6) is 5.75 Å². The molecule has 0 atom stereocenters. The predicted molar refractivity (Wildman–Crippen MR) is 59.5 cm³/mol. The summed E-state index contributed by atoms with van der Waals surface area (Å²) in [4.78, 5) is 0. The van der Waals surface area contributed by atoms with E-state index in [9.17, 15) is 13.2 Å². The normalized spacial score (nSPS) is 11.3. The van der Waals surface area contributed by atoms with Gasteiger partial charge in [-0.3, -0.25) is 0 Å². The summed E-state index contributed by atoms with van der Waals surface area (Å²) in [5.41, 5.74) is 0.238. The average molecular weight is 265 g/mol. The van der Waals surface area contributed by atoms with E-state index < -0.39 is 6.36 Å². The number of hydrogen-bond donors (Lipinski definition) is 2. The minimum atomic E-state index is -4.72. The smallest absolute Gasteiger partial charge is 0.404 e. The number of ether oxygens (including phenoxy) is 2. The van der Waals surface area contributed by atoms with E-state index in [4.69, 9.17) is 9.84 Å². The minimum Gasteiger partial charge on any atom is -0.404 e. The molecular formula is C11H14F3NO3. The van der Waals surface area contributed by atoms with Gasteiger partial charge in [-0.05, 0) is 12.1 Å². The summed E-state index contributed by atoms with van der Waals surface area (Å²) in [6.07, 6.45) is -4.72. The Balaban J connectivity index is 2.49. The fourth-order valence-electron chi connectivity index (χ4n) is 1.25. The van der Waals surface area contributed by atoms with Crippen LogP contribution in [0.4, 0.5) is 18.9 Å². The van der Waals surface area contributed by atoms with E-state index in [1.807, 2.05) is 0 Å². The molecule has 0 spiro atoms. The molecule has 18 heavy (non-hydrogen) atoms. The number of nitrogens with one attached hydrogen (secondary N) is 1. The molecule has 0 amide bonds. The highest BCUT2D eigenvalue weighted by atomic mass is 19.4. The highest BCUT2D eigenvalue weighted by Gasteiger charge is 2.31. The molecule has 1 aromatic carbocycles. The third kappa shape index (κ3) is 5.74. The molecule has 0 bridgehead atoms. The van der Waals surface area contributed by atoms with E-state index in [-0.39, 0.29) is 31.3 Å². The van der Waals surface area contributed by atoms with Crippen LogP contribution in [0.1, 0.15) is 0 Å². The third-order valence-corrected chi connectivity index (χ3v) is 1.91.